The molecule has 0 atom stereocenters. The fourth-order valence-electron chi connectivity index (χ4n) is 3.61. The van der Waals surface area contributed by atoms with Crippen LogP contribution >= 0.6 is 11.6 Å². The molecule has 0 bridgehead atoms. The molecule has 34 heavy (non-hydrogen) atoms. The van der Waals surface area contributed by atoms with Crippen molar-refractivity contribution in [3.63, 3.8) is 0 Å². The number of anilines is 1. The predicted molar refractivity (Wildman–Crippen MR) is 130 cm³/mol. The van der Waals surface area contributed by atoms with Gasteiger partial charge in [-0.1, -0.05) is 29.8 Å². The number of halogens is 2. The first-order valence-electron chi connectivity index (χ1n) is 10.2. The van der Waals surface area contributed by atoms with E-state index in [1.54, 1.807) is 49.6 Å². The topological polar surface area (TPSA) is 101 Å². The summed E-state index contributed by atoms with van der Waals surface area (Å²) in [5.41, 5.74) is 3.69. The Hall–Kier alpha value is -3.82. The van der Waals surface area contributed by atoms with Crippen molar-refractivity contribution in [3.05, 3.63) is 90.0 Å². The highest BCUT2D eigenvalue weighted by Crippen LogP contribution is 2.34. The molecule has 4 heterocycles. The Balaban J connectivity index is 1.56. The van der Waals surface area contributed by atoms with E-state index >= 15 is 0 Å². The first-order chi connectivity index (χ1) is 16.3. The number of nitrogens with one attached hydrogen (secondary N) is 2. The van der Waals surface area contributed by atoms with Gasteiger partial charge < -0.3 is 4.98 Å². The smallest absolute Gasteiger partial charge is 0.261 e. The normalized spacial score (nSPS) is 11.6. The van der Waals surface area contributed by atoms with E-state index in [1.807, 2.05) is 6.07 Å². The summed E-state index contributed by atoms with van der Waals surface area (Å²) in [5.74, 6) is -0.442. The molecule has 1 aromatic carbocycles. The van der Waals surface area contributed by atoms with Crippen LogP contribution in [0.1, 0.15) is 5.69 Å². The summed E-state index contributed by atoms with van der Waals surface area (Å²) in [5, 5.41) is 0.706. The first kappa shape index (κ1) is 22.0. The van der Waals surface area contributed by atoms with Crippen LogP contribution in [0.2, 0.25) is 5.15 Å². The lowest BCUT2D eigenvalue weighted by atomic mass is 10.0. The zero-order valence-electron chi connectivity index (χ0n) is 17.8. The van der Waals surface area contributed by atoms with Crippen molar-refractivity contribution >= 4 is 38.3 Å². The fraction of sp³-hybridized carbons (Fsp3) is 0.0417. The third-order valence-electron chi connectivity index (χ3n) is 5.28. The Bertz CT molecular complexity index is 1640. The van der Waals surface area contributed by atoms with Crippen LogP contribution in [0.4, 0.5) is 10.1 Å². The Morgan fingerprint density at radius 2 is 1.68 bits per heavy atom. The van der Waals surface area contributed by atoms with Gasteiger partial charge in [0, 0.05) is 51.9 Å². The number of aryl methyl sites for hydroxylation is 1. The van der Waals surface area contributed by atoms with E-state index < -0.39 is 15.8 Å². The van der Waals surface area contributed by atoms with Crippen LogP contribution < -0.4 is 4.72 Å². The predicted octanol–water partition coefficient (Wildman–Crippen LogP) is 5.59. The van der Waals surface area contributed by atoms with Crippen molar-refractivity contribution in [2.45, 2.75) is 11.8 Å². The van der Waals surface area contributed by atoms with Gasteiger partial charge in [-0.25, -0.2) is 22.8 Å². The molecule has 7 nitrogen and oxygen atoms in total. The van der Waals surface area contributed by atoms with E-state index in [9.17, 15) is 12.8 Å². The molecule has 0 aliphatic rings. The summed E-state index contributed by atoms with van der Waals surface area (Å²) in [4.78, 5) is 15.7. The van der Waals surface area contributed by atoms with E-state index in [4.69, 9.17) is 11.6 Å². The van der Waals surface area contributed by atoms with Gasteiger partial charge in [0.05, 0.1) is 16.8 Å². The zero-order valence-corrected chi connectivity index (χ0v) is 19.3. The number of pyridine rings is 3. The van der Waals surface area contributed by atoms with Gasteiger partial charge in [0.2, 0.25) is 0 Å². The highest BCUT2D eigenvalue weighted by Gasteiger charge is 2.18. The number of nitrogens with zero attached hydrogens (tertiary/aromatic N) is 3. The number of fused-ring (bicyclic) bond motifs is 1. The van der Waals surface area contributed by atoms with Crippen LogP contribution in [0, 0.1) is 12.7 Å². The molecular weight excluding hydrogens is 477 g/mol. The minimum Gasteiger partial charge on any atom is -0.346 e. The lowest BCUT2D eigenvalue weighted by Gasteiger charge is -2.11. The SMILES string of the molecule is Cc1cc(-c2c[nH]c3ncc(-c4cnc(Cl)c(NS(=O)(=O)c5ccccc5)c4)cc23)c(F)cn1. The summed E-state index contributed by atoms with van der Waals surface area (Å²) in [6.07, 6.45) is 6.03. The van der Waals surface area contributed by atoms with Gasteiger partial charge >= 0.3 is 0 Å². The van der Waals surface area contributed by atoms with E-state index in [0.29, 0.717) is 39.0 Å². The lowest BCUT2D eigenvalue weighted by molar-refractivity contribution is 0.601. The maximum atomic E-state index is 14.5. The number of H-pyrrole nitrogens is 1. The number of hydrogen-bond donors (Lipinski definition) is 2. The van der Waals surface area contributed by atoms with Gasteiger partial charge in [0.25, 0.3) is 10.0 Å². The van der Waals surface area contributed by atoms with Crippen molar-refractivity contribution in [2.75, 3.05) is 4.72 Å². The van der Waals surface area contributed by atoms with E-state index in [-0.39, 0.29) is 15.7 Å². The highest BCUT2D eigenvalue weighted by atomic mass is 35.5. The van der Waals surface area contributed by atoms with Gasteiger partial charge in [0.15, 0.2) is 5.15 Å². The maximum absolute atomic E-state index is 14.5. The molecule has 0 spiro atoms. The Labute approximate surface area is 199 Å². The van der Waals surface area contributed by atoms with Crippen molar-refractivity contribution in [2.24, 2.45) is 0 Å². The summed E-state index contributed by atoms with van der Waals surface area (Å²) in [6.45, 7) is 1.79. The largest absolute Gasteiger partial charge is 0.346 e. The molecule has 0 aliphatic heterocycles. The van der Waals surface area contributed by atoms with Gasteiger partial charge in [-0.2, -0.15) is 0 Å². The van der Waals surface area contributed by atoms with Gasteiger partial charge in [-0.3, -0.25) is 9.71 Å². The Morgan fingerprint density at radius 1 is 0.941 bits per heavy atom. The number of hydrogen-bond acceptors (Lipinski definition) is 5. The molecule has 10 heteroatoms. The van der Waals surface area contributed by atoms with E-state index in [1.165, 1.54) is 24.5 Å². The average Bonchev–Trinajstić information content (AvgIpc) is 3.25. The molecule has 5 rings (SSSR count). The lowest BCUT2D eigenvalue weighted by Crippen LogP contribution is -2.13. The Kier molecular flexibility index (Phi) is 5.51. The highest BCUT2D eigenvalue weighted by molar-refractivity contribution is 7.92. The molecule has 2 N–H and O–H groups in total. The van der Waals surface area contributed by atoms with Crippen molar-refractivity contribution in [3.8, 4) is 22.3 Å². The molecule has 0 radical (unpaired) electrons. The first-order valence-corrected chi connectivity index (χ1v) is 12.0. The number of benzene rings is 1. The molecule has 170 valence electrons. The van der Waals surface area contributed by atoms with E-state index in [0.717, 1.165) is 0 Å². The fourth-order valence-corrected chi connectivity index (χ4v) is 4.90. The second-order valence-corrected chi connectivity index (χ2v) is 9.65. The second-order valence-electron chi connectivity index (χ2n) is 7.61. The van der Waals surface area contributed by atoms with Crippen molar-refractivity contribution in [1.82, 2.24) is 19.9 Å². The molecule has 0 unspecified atom stereocenters. The van der Waals surface area contributed by atoms with Crippen LogP contribution in [0.3, 0.4) is 0 Å². The molecule has 0 fully saturated rings. The zero-order chi connectivity index (χ0) is 23.9. The van der Waals surface area contributed by atoms with Gasteiger partial charge in [0.1, 0.15) is 11.5 Å². The summed E-state index contributed by atoms with van der Waals surface area (Å²) in [7, 11) is -3.85. The standard InChI is InChI=1S/C24H17ClFN5O2S/c1-14-7-18(21(26)13-27-14)20-12-30-24-19(20)8-15(11-29-24)16-9-22(23(25)28-10-16)31-34(32,33)17-5-3-2-4-6-17/h2-13,31H,1H3,(H,29,30). The van der Waals surface area contributed by atoms with Crippen LogP contribution in [0.5, 0.6) is 0 Å². The third-order valence-corrected chi connectivity index (χ3v) is 6.97. The molecule has 5 aromatic rings. The molecule has 0 saturated heterocycles. The van der Waals surface area contributed by atoms with Crippen LogP contribution in [0.15, 0.2) is 78.2 Å². The number of aromatic amines is 1. The molecule has 0 aliphatic carbocycles. The van der Waals surface area contributed by atoms with Crippen LogP contribution in [-0.4, -0.2) is 28.4 Å². The second kappa shape index (κ2) is 8.51. The molecular formula is C24H17ClFN5O2S. The summed E-state index contributed by atoms with van der Waals surface area (Å²) < 4.78 is 42.5. The van der Waals surface area contributed by atoms with Crippen molar-refractivity contribution in [1.29, 1.82) is 0 Å². The Morgan fingerprint density at radius 3 is 2.47 bits per heavy atom. The van der Waals surface area contributed by atoms with Gasteiger partial charge in [-0.15, -0.1) is 0 Å². The van der Waals surface area contributed by atoms with E-state index in [2.05, 4.69) is 24.7 Å². The molecule has 0 amide bonds. The quantitative estimate of drug-likeness (QED) is 0.311. The minimum absolute atomic E-state index is 0.00830. The number of rotatable bonds is 5. The molecule has 4 aromatic heterocycles. The van der Waals surface area contributed by atoms with Crippen LogP contribution in [0.25, 0.3) is 33.3 Å². The minimum atomic E-state index is -3.85. The number of aromatic nitrogens is 4. The molecule has 0 saturated carbocycles. The number of sulfonamides is 1. The monoisotopic (exact) mass is 493 g/mol. The average molecular weight is 494 g/mol. The summed E-state index contributed by atoms with van der Waals surface area (Å²) in [6, 6.07) is 13.1. The summed E-state index contributed by atoms with van der Waals surface area (Å²) >= 11 is 6.19. The maximum Gasteiger partial charge on any atom is 0.261 e. The van der Waals surface area contributed by atoms with Gasteiger partial charge in [-0.05, 0) is 37.3 Å². The van der Waals surface area contributed by atoms with Crippen LogP contribution in [-0.2, 0) is 10.0 Å². The van der Waals surface area contributed by atoms with Crippen molar-refractivity contribution < 1.29 is 12.8 Å². The third kappa shape index (κ3) is 4.11.